The maximum atomic E-state index is 14.7. The molecule has 13 heteroatoms. The third-order valence-electron chi connectivity index (χ3n) is 11.7. The zero-order chi connectivity index (χ0) is 45.5. The van der Waals surface area contributed by atoms with Crippen LogP contribution in [0.1, 0.15) is 64.7 Å². The van der Waals surface area contributed by atoms with Crippen molar-refractivity contribution in [2.45, 2.75) is 97.6 Å². The van der Waals surface area contributed by atoms with E-state index in [1.165, 1.54) is 7.05 Å². The Morgan fingerprint density at radius 2 is 1.41 bits per heavy atom. The van der Waals surface area contributed by atoms with E-state index in [9.17, 15) is 29.4 Å². The first kappa shape index (κ1) is 46.2. The van der Waals surface area contributed by atoms with E-state index in [1.807, 2.05) is 124 Å². The molecule has 1 aliphatic heterocycles. The van der Waals surface area contributed by atoms with Gasteiger partial charge in [-0.05, 0) is 71.0 Å². The van der Waals surface area contributed by atoms with Crippen LogP contribution in [0, 0.1) is 10.8 Å². The number of nitrogens with one attached hydrogen (secondary N) is 2. The molecule has 6 rings (SSSR count). The van der Waals surface area contributed by atoms with Gasteiger partial charge in [0.1, 0.15) is 12.1 Å². The summed E-state index contributed by atoms with van der Waals surface area (Å²) >= 11 is 0. The van der Waals surface area contributed by atoms with Crippen LogP contribution in [0.15, 0.2) is 116 Å². The summed E-state index contributed by atoms with van der Waals surface area (Å²) in [5, 5.41) is 29.5. The van der Waals surface area contributed by atoms with Gasteiger partial charge in [0.2, 0.25) is 11.8 Å². The molecule has 0 aliphatic carbocycles. The Bertz CT molecular complexity index is 2340. The van der Waals surface area contributed by atoms with Gasteiger partial charge in [0.15, 0.2) is 0 Å². The molecular weight excluding hydrogens is 795 g/mol. The number of aliphatic hydroxyl groups is 1. The first-order valence-corrected chi connectivity index (χ1v) is 21.6. The summed E-state index contributed by atoms with van der Waals surface area (Å²) in [6.07, 6.45) is 1.64. The van der Waals surface area contributed by atoms with Crippen molar-refractivity contribution in [3.05, 3.63) is 132 Å². The number of hydrogen-bond donors (Lipinski definition) is 4. The number of fused-ring (bicyclic) bond motifs is 1. The molecule has 4 N–H and O–H groups in total. The van der Waals surface area contributed by atoms with E-state index in [1.54, 1.807) is 43.0 Å². The number of urea groups is 1. The smallest absolute Gasteiger partial charge is 0.407 e. The number of pyridine rings is 2. The van der Waals surface area contributed by atoms with Gasteiger partial charge in [-0.2, -0.15) is 0 Å². The second-order valence-corrected chi connectivity index (χ2v) is 18.7. The molecule has 3 aromatic carbocycles. The lowest BCUT2D eigenvalue weighted by molar-refractivity contribution is -0.131. The molecule has 1 fully saturated rings. The monoisotopic (exact) mass is 855 g/mol. The maximum Gasteiger partial charge on any atom is 0.407 e. The van der Waals surface area contributed by atoms with Crippen LogP contribution in [0.3, 0.4) is 0 Å². The Kier molecular flexibility index (Phi) is 14.5. The fraction of sp³-hybridized carbons (Fsp3) is 0.400. The van der Waals surface area contributed by atoms with Crippen LogP contribution in [-0.2, 0) is 29.0 Å². The largest absolute Gasteiger partial charge is 0.465 e. The first-order chi connectivity index (χ1) is 29.9. The summed E-state index contributed by atoms with van der Waals surface area (Å²) in [7, 11) is 1.36. The highest BCUT2D eigenvalue weighted by atomic mass is 16.4. The lowest BCUT2D eigenvalue weighted by Gasteiger charge is -2.38. The molecule has 332 valence electrons. The standard InChI is InChI=1S/C50H61N7O6/c1-49(2,3)43(55(7)48(62)63)45(59)54-41(30-34-20-22-35(23-21-34)39-18-13-14-25-51-39)42(58)31-37(29-33-15-9-8-10-16-33)53-46(60)44(50(4,5)6)57-28-27-56(47(57)61)32-36-24-26-52-40-19-12-11-17-38(36)40/h8-26,37,41-44,58H,27-32H2,1-7H3,(H,53,60)(H,54,59)(H,62,63)/t37-,41-,42+,43+,44+/m0/s1. The van der Waals surface area contributed by atoms with Gasteiger partial charge < -0.3 is 30.6 Å². The predicted octanol–water partition coefficient (Wildman–Crippen LogP) is 7.18. The molecule has 3 heterocycles. The average molecular weight is 856 g/mol. The van der Waals surface area contributed by atoms with E-state index in [0.717, 1.165) is 43.8 Å². The van der Waals surface area contributed by atoms with Crippen LogP contribution < -0.4 is 10.6 Å². The number of nitrogens with zero attached hydrogens (tertiary/aromatic N) is 5. The number of amides is 5. The number of para-hydroxylation sites is 1. The first-order valence-electron chi connectivity index (χ1n) is 21.6. The zero-order valence-corrected chi connectivity index (χ0v) is 37.4. The van der Waals surface area contributed by atoms with Crippen LogP contribution >= 0.6 is 0 Å². The third kappa shape index (κ3) is 11.6. The van der Waals surface area contributed by atoms with E-state index in [2.05, 4.69) is 20.6 Å². The third-order valence-corrected chi connectivity index (χ3v) is 11.7. The van der Waals surface area contributed by atoms with Crippen molar-refractivity contribution in [3.63, 3.8) is 0 Å². The van der Waals surface area contributed by atoms with Gasteiger partial charge in [0, 0.05) is 56.1 Å². The molecular formula is C50H61N7O6. The van der Waals surface area contributed by atoms with Crippen molar-refractivity contribution >= 4 is 34.8 Å². The second kappa shape index (κ2) is 19.8. The molecule has 0 spiro atoms. The molecule has 5 amide bonds. The molecule has 0 bridgehead atoms. The van der Waals surface area contributed by atoms with E-state index in [0.29, 0.717) is 26.1 Å². The van der Waals surface area contributed by atoms with Gasteiger partial charge in [-0.3, -0.25) is 24.5 Å². The maximum absolute atomic E-state index is 14.7. The van der Waals surface area contributed by atoms with Crippen LogP contribution in [0.5, 0.6) is 0 Å². The molecule has 13 nitrogen and oxygen atoms in total. The van der Waals surface area contributed by atoms with Crippen molar-refractivity contribution in [1.82, 2.24) is 35.3 Å². The van der Waals surface area contributed by atoms with E-state index >= 15 is 0 Å². The summed E-state index contributed by atoms with van der Waals surface area (Å²) < 4.78 is 0. The molecule has 0 unspecified atom stereocenters. The van der Waals surface area contributed by atoms with Crippen molar-refractivity contribution in [2.75, 3.05) is 20.1 Å². The molecule has 1 saturated heterocycles. The Morgan fingerprint density at radius 1 is 0.746 bits per heavy atom. The predicted molar refractivity (Wildman–Crippen MR) is 245 cm³/mol. The number of aromatic nitrogens is 2. The average Bonchev–Trinajstić information content (AvgIpc) is 3.58. The minimum atomic E-state index is -1.25. The van der Waals surface area contributed by atoms with Gasteiger partial charge in [-0.1, -0.05) is 120 Å². The molecule has 0 saturated carbocycles. The highest BCUT2D eigenvalue weighted by Gasteiger charge is 2.44. The normalized spacial score (nSPS) is 15.7. The number of rotatable bonds is 16. The van der Waals surface area contributed by atoms with Gasteiger partial charge in [0.05, 0.1) is 23.4 Å². The Labute approximate surface area is 370 Å². The fourth-order valence-corrected chi connectivity index (χ4v) is 8.72. The Balaban J connectivity index is 1.26. The van der Waals surface area contributed by atoms with Crippen molar-refractivity contribution < 1.29 is 29.4 Å². The summed E-state index contributed by atoms with van der Waals surface area (Å²) in [5.41, 5.74) is 3.84. The van der Waals surface area contributed by atoms with Crippen molar-refractivity contribution in [2.24, 2.45) is 10.8 Å². The lowest BCUT2D eigenvalue weighted by Crippen LogP contribution is -2.59. The van der Waals surface area contributed by atoms with E-state index in [4.69, 9.17) is 0 Å². The Hall–Kier alpha value is -6.34. The minimum Gasteiger partial charge on any atom is -0.465 e. The van der Waals surface area contributed by atoms with Crippen LogP contribution in [-0.4, -0.2) is 109 Å². The number of likely N-dealkylation sites (N-methyl/N-ethyl adjacent to an activating group) is 1. The quantitative estimate of drug-likeness (QED) is 0.0810. The van der Waals surface area contributed by atoms with Crippen LogP contribution in [0.2, 0.25) is 0 Å². The van der Waals surface area contributed by atoms with E-state index in [-0.39, 0.29) is 24.8 Å². The molecule has 5 aromatic rings. The summed E-state index contributed by atoms with van der Waals surface area (Å²) in [5.74, 6) is -0.892. The molecule has 63 heavy (non-hydrogen) atoms. The number of carboxylic acid groups (broad SMARTS) is 1. The minimum absolute atomic E-state index is 0.0403. The highest BCUT2D eigenvalue weighted by molar-refractivity contribution is 5.89. The topological polar surface area (TPSA) is 168 Å². The van der Waals surface area contributed by atoms with Crippen LogP contribution in [0.25, 0.3) is 22.2 Å². The van der Waals surface area contributed by atoms with Gasteiger partial charge >= 0.3 is 12.1 Å². The van der Waals surface area contributed by atoms with Crippen molar-refractivity contribution in [1.29, 1.82) is 0 Å². The number of carbonyl (C=O) groups excluding carboxylic acids is 3. The molecule has 5 atom stereocenters. The fourth-order valence-electron chi connectivity index (χ4n) is 8.72. The van der Waals surface area contributed by atoms with Gasteiger partial charge in [-0.15, -0.1) is 0 Å². The van der Waals surface area contributed by atoms with Gasteiger partial charge in [0.25, 0.3) is 0 Å². The highest BCUT2D eigenvalue weighted by Crippen LogP contribution is 2.30. The van der Waals surface area contributed by atoms with E-state index < -0.39 is 53.1 Å². The zero-order valence-electron chi connectivity index (χ0n) is 37.4. The summed E-state index contributed by atoms with van der Waals surface area (Å²) in [6, 6.07) is 29.1. The van der Waals surface area contributed by atoms with Crippen molar-refractivity contribution in [3.8, 4) is 11.3 Å². The second-order valence-electron chi connectivity index (χ2n) is 18.7. The Morgan fingerprint density at radius 3 is 2.06 bits per heavy atom. The molecule has 1 aliphatic rings. The van der Waals surface area contributed by atoms with Crippen LogP contribution in [0.4, 0.5) is 9.59 Å². The number of carbonyl (C=O) groups is 4. The SMILES string of the molecule is CN(C(=O)O)[C@H](C(=O)N[C@@H](Cc1ccc(-c2ccccn2)cc1)[C@H](O)C[C@H](Cc1ccccc1)NC(=O)[C@@H](N1CCN(Cc2ccnc3ccccc23)C1=O)C(C)(C)C)C(C)(C)C. The summed E-state index contributed by atoms with van der Waals surface area (Å²) in [6.45, 7) is 12.4. The number of aliphatic hydroxyl groups excluding tert-OH is 1. The summed E-state index contributed by atoms with van der Waals surface area (Å²) in [4.78, 5) is 68.6. The number of hydrogen-bond acceptors (Lipinski definition) is 7. The molecule has 0 radical (unpaired) electrons. The lowest BCUT2D eigenvalue weighted by atomic mass is 9.84. The number of benzene rings is 3. The van der Waals surface area contributed by atoms with Gasteiger partial charge in [-0.25, -0.2) is 9.59 Å². The molecule has 2 aromatic heterocycles.